The number of benzene rings is 2. The molecule has 0 fully saturated rings. The average Bonchev–Trinajstić information content (AvgIpc) is 3.01. The van der Waals surface area contributed by atoms with Gasteiger partial charge in [0.05, 0.1) is 0 Å². The van der Waals surface area contributed by atoms with E-state index in [0.717, 1.165) is 37.1 Å². The van der Waals surface area contributed by atoms with E-state index in [1.807, 2.05) is 30.3 Å². The fraction of sp³-hybridized carbons (Fsp3) is 0.300. The highest BCUT2D eigenvalue weighted by Crippen LogP contribution is 2.35. The van der Waals surface area contributed by atoms with Gasteiger partial charge in [0.1, 0.15) is 6.04 Å². The van der Waals surface area contributed by atoms with Crippen LogP contribution in [0.25, 0.3) is 0 Å². The number of hydrogen-bond acceptors (Lipinski definition) is 3. The van der Waals surface area contributed by atoms with Crippen molar-refractivity contribution in [1.29, 1.82) is 0 Å². The molecule has 0 amide bonds. The number of ketones is 1. The van der Waals surface area contributed by atoms with E-state index in [0.29, 0.717) is 6.29 Å². The zero-order valence-corrected chi connectivity index (χ0v) is 13.4. The first-order valence-electron chi connectivity index (χ1n) is 8.17. The molecule has 2 aromatic carbocycles. The summed E-state index contributed by atoms with van der Waals surface area (Å²) < 4.78 is 0. The van der Waals surface area contributed by atoms with E-state index in [9.17, 15) is 9.59 Å². The minimum Gasteiger partial charge on any atom is -0.357 e. The van der Waals surface area contributed by atoms with Crippen LogP contribution in [0.1, 0.15) is 36.1 Å². The lowest BCUT2D eigenvalue weighted by atomic mass is 9.98. The number of fused-ring (bicyclic) bond motifs is 1. The number of aryl methyl sites for hydroxylation is 1. The number of nitrogens with zero attached hydrogens (tertiary/aromatic N) is 1. The molecule has 0 spiro atoms. The Morgan fingerprint density at radius 1 is 1.17 bits per heavy atom. The quantitative estimate of drug-likeness (QED) is 0.605. The number of rotatable bonds is 6. The van der Waals surface area contributed by atoms with Gasteiger partial charge in [0.25, 0.3) is 0 Å². The molecule has 0 saturated carbocycles. The molecule has 118 valence electrons. The molecule has 0 radical (unpaired) electrons. The van der Waals surface area contributed by atoms with E-state index in [4.69, 9.17) is 0 Å². The second kappa shape index (κ2) is 6.78. The van der Waals surface area contributed by atoms with Crippen molar-refractivity contribution >= 4 is 17.8 Å². The number of Topliss-reactive ketones (excluding diaryl/α,β-unsaturated/α-hetero) is 1. The van der Waals surface area contributed by atoms with Crippen LogP contribution in [0.5, 0.6) is 0 Å². The standard InChI is InChI=1S/C20H21NO2/c1-2-5-15-8-10-17(11-9-15)20(19(23)14-22)21-13-12-16-6-3-4-7-18(16)21/h3-4,6-11,14,20H,2,5,12-13H2,1H3. The van der Waals surface area contributed by atoms with E-state index in [2.05, 4.69) is 30.0 Å². The number of para-hydroxylation sites is 1. The predicted molar refractivity (Wildman–Crippen MR) is 91.7 cm³/mol. The topological polar surface area (TPSA) is 37.4 Å². The Kier molecular flexibility index (Phi) is 4.56. The maximum Gasteiger partial charge on any atom is 0.222 e. The van der Waals surface area contributed by atoms with Crippen molar-refractivity contribution in [3.8, 4) is 0 Å². The highest BCUT2D eigenvalue weighted by Gasteiger charge is 2.31. The van der Waals surface area contributed by atoms with Crippen molar-refractivity contribution in [3.63, 3.8) is 0 Å². The molecule has 0 aromatic heterocycles. The monoisotopic (exact) mass is 307 g/mol. The molecule has 3 rings (SSSR count). The van der Waals surface area contributed by atoms with E-state index in [1.165, 1.54) is 11.1 Å². The van der Waals surface area contributed by atoms with Gasteiger partial charge >= 0.3 is 0 Å². The fourth-order valence-electron chi connectivity index (χ4n) is 3.35. The van der Waals surface area contributed by atoms with Gasteiger partial charge in [-0.3, -0.25) is 9.59 Å². The van der Waals surface area contributed by atoms with Crippen LogP contribution in [0.3, 0.4) is 0 Å². The Bertz CT molecular complexity index is 706. The molecular weight excluding hydrogens is 286 g/mol. The first-order valence-corrected chi connectivity index (χ1v) is 8.17. The summed E-state index contributed by atoms with van der Waals surface area (Å²) in [6, 6.07) is 15.7. The Labute approximate surface area is 136 Å². The van der Waals surface area contributed by atoms with Crippen molar-refractivity contribution in [2.45, 2.75) is 32.2 Å². The summed E-state index contributed by atoms with van der Waals surface area (Å²) in [6.45, 7) is 2.91. The lowest BCUT2D eigenvalue weighted by molar-refractivity contribution is -0.130. The van der Waals surface area contributed by atoms with E-state index < -0.39 is 6.04 Å². The average molecular weight is 307 g/mol. The van der Waals surface area contributed by atoms with Crippen LogP contribution < -0.4 is 4.90 Å². The Hall–Kier alpha value is -2.42. The number of anilines is 1. The molecule has 3 heteroatoms. The van der Waals surface area contributed by atoms with Gasteiger partial charge in [-0.25, -0.2) is 0 Å². The lowest BCUT2D eigenvalue weighted by Crippen LogP contribution is -2.33. The molecule has 3 nitrogen and oxygen atoms in total. The normalized spacial score (nSPS) is 14.4. The van der Waals surface area contributed by atoms with Crippen molar-refractivity contribution in [1.82, 2.24) is 0 Å². The maximum atomic E-state index is 12.3. The van der Waals surface area contributed by atoms with Crippen LogP contribution in [-0.2, 0) is 22.4 Å². The maximum absolute atomic E-state index is 12.3. The minimum atomic E-state index is -0.521. The third-order valence-electron chi connectivity index (χ3n) is 4.45. The predicted octanol–water partition coefficient (Wildman–Crippen LogP) is 3.51. The van der Waals surface area contributed by atoms with Gasteiger partial charge in [-0.1, -0.05) is 55.8 Å². The summed E-state index contributed by atoms with van der Waals surface area (Å²) in [4.78, 5) is 25.5. The van der Waals surface area contributed by atoms with Crippen molar-refractivity contribution < 1.29 is 9.59 Å². The van der Waals surface area contributed by atoms with E-state index in [-0.39, 0.29) is 5.78 Å². The second-order valence-electron chi connectivity index (χ2n) is 5.99. The molecule has 1 unspecified atom stereocenters. The molecule has 1 aliphatic heterocycles. The van der Waals surface area contributed by atoms with Crippen molar-refractivity contribution in [2.75, 3.05) is 11.4 Å². The van der Waals surface area contributed by atoms with Gasteiger partial charge in [-0.15, -0.1) is 0 Å². The number of carbonyl (C=O) groups is 2. The van der Waals surface area contributed by atoms with Gasteiger partial charge in [-0.2, -0.15) is 0 Å². The Balaban J connectivity index is 1.96. The minimum absolute atomic E-state index is 0.384. The van der Waals surface area contributed by atoms with Gasteiger partial charge in [0, 0.05) is 12.2 Å². The van der Waals surface area contributed by atoms with Gasteiger partial charge < -0.3 is 4.90 Å². The SMILES string of the molecule is CCCc1ccc(C(C(=O)C=O)N2CCc3ccccc32)cc1. The Morgan fingerprint density at radius 2 is 1.91 bits per heavy atom. The molecule has 1 aliphatic rings. The van der Waals surface area contributed by atoms with Crippen LogP contribution >= 0.6 is 0 Å². The second-order valence-corrected chi connectivity index (χ2v) is 5.99. The molecule has 1 atom stereocenters. The summed E-state index contributed by atoms with van der Waals surface area (Å²) in [7, 11) is 0. The van der Waals surface area contributed by atoms with Crippen molar-refractivity contribution in [2.24, 2.45) is 0 Å². The first kappa shape index (κ1) is 15.5. The van der Waals surface area contributed by atoms with Crippen LogP contribution in [0.4, 0.5) is 5.69 Å². The highest BCUT2D eigenvalue weighted by molar-refractivity contribution is 6.28. The van der Waals surface area contributed by atoms with Gasteiger partial charge in [0.15, 0.2) is 6.29 Å². The number of aldehydes is 1. The summed E-state index contributed by atoms with van der Waals surface area (Å²) >= 11 is 0. The molecule has 0 aliphatic carbocycles. The molecule has 0 N–H and O–H groups in total. The third kappa shape index (κ3) is 3.04. The van der Waals surface area contributed by atoms with Crippen LogP contribution in [0, 0.1) is 0 Å². The number of carbonyl (C=O) groups excluding carboxylic acids is 2. The molecule has 23 heavy (non-hydrogen) atoms. The van der Waals surface area contributed by atoms with Crippen LogP contribution in [-0.4, -0.2) is 18.6 Å². The van der Waals surface area contributed by atoms with Gasteiger partial charge in [-0.05, 0) is 35.6 Å². The zero-order valence-electron chi connectivity index (χ0n) is 13.4. The Morgan fingerprint density at radius 3 is 2.61 bits per heavy atom. The molecule has 0 saturated heterocycles. The third-order valence-corrected chi connectivity index (χ3v) is 4.45. The fourth-order valence-corrected chi connectivity index (χ4v) is 3.35. The smallest absolute Gasteiger partial charge is 0.222 e. The highest BCUT2D eigenvalue weighted by atomic mass is 16.2. The van der Waals surface area contributed by atoms with E-state index in [1.54, 1.807) is 0 Å². The van der Waals surface area contributed by atoms with E-state index >= 15 is 0 Å². The van der Waals surface area contributed by atoms with Gasteiger partial charge in [0.2, 0.25) is 5.78 Å². The zero-order chi connectivity index (χ0) is 16.2. The largest absolute Gasteiger partial charge is 0.357 e. The van der Waals surface area contributed by atoms with Crippen LogP contribution in [0.15, 0.2) is 48.5 Å². The molecular formula is C20H21NO2. The summed E-state index contributed by atoms with van der Waals surface area (Å²) in [5, 5.41) is 0. The summed E-state index contributed by atoms with van der Waals surface area (Å²) in [5.74, 6) is -0.384. The number of hydrogen-bond donors (Lipinski definition) is 0. The molecule has 0 bridgehead atoms. The first-order chi connectivity index (χ1) is 11.2. The molecule has 2 aromatic rings. The summed E-state index contributed by atoms with van der Waals surface area (Å²) in [5.41, 5.74) is 4.44. The lowest BCUT2D eigenvalue weighted by Gasteiger charge is -2.28. The summed E-state index contributed by atoms with van der Waals surface area (Å²) in [6.07, 6.45) is 3.48. The molecule has 1 heterocycles. The van der Waals surface area contributed by atoms with Crippen molar-refractivity contribution in [3.05, 3.63) is 65.2 Å². The van der Waals surface area contributed by atoms with Crippen LogP contribution in [0.2, 0.25) is 0 Å².